The van der Waals surface area contributed by atoms with Crippen molar-refractivity contribution in [1.29, 1.82) is 0 Å². The van der Waals surface area contributed by atoms with Crippen LogP contribution < -0.4 is 16.4 Å². The molecule has 5 nitrogen and oxygen atoms in total. The van der Waals surface area contributed by atoms with Crippen molar-refractivity contribution in [3.05, 3.63) is 77.6 Å². The summed E-state index contributed by atoms with van der Waals surface area (Å²) >= 11 is 6.03. The Kier molecular flexibility index (Phi) is 4.52. The first-order chi connectivity index (χ1) is 13.1. The minimum atomic E-state index is 0.444. The number of hydrogen-bond donors (Lipinski definition) is 3. The molecule has 0 aliphatic heterocycles. The van der Waals surface area contributed by atoms with Gasteiger partial charge in [0.15, 0.2) is 11.6 Å². The van der Waals surface area contributed by atoms with Crippen molar-refractivity contribution in [3.63, 3.8) is 0 Å². The second-order valence-electron chi connectivity index (χ2n) is 6.22. The molecule has 0 radical (unpaired) electrons. The molecule has 0 amide bonds. The van der Waals surface area contributed by atoms with E-state index in [1.807, 2.05) is 49.4 Å². The van der Waals surface area contributed by atoms with E-state index in [0.29, 0.717) is 22.3 Å². The fourth-order valence-electron chi connectivity index (χ4n) is 2.95. The maximum Gasteiger partial charge on any atom is 0.159 e. The third kappa shape index (κ3) is 3.50. The van der Waals surface area contributed by atoms with Crippen LogP contribution in [-0.2, 0) is 0 Å². The Morgan fingerprint density at radius 1 is 0.852 bits per heavy atom. The summed E-state index contributed by atoms with van der Waals surface area (Å²) in [6.45, 7) is 1.97. The Labute approximate surface area is 162 Å². The summed E-state index contributed by atoms with van der Waals surface area (Å²) in [5.41, 5.74) is 9.60. The highest BCUT2D eigenvalue weighted by molar-refractivity contribution is 6.30. The SMILES string of the molecule is Cc1cc(Cl)ccc1Nc1ncnc(Nc2cccc3ccccc23)c1N. The topological polar surface area (TPSA) is 75.9 Å². The molecule has 1 aromatic heterocycles. The van der Waals surface area contributed by atoms with Crippen molar-refractivity contribution < 1.29 is 0 Å². The molecular weight excluding hydrogens is 358 g/mol. The largest absolute Gasteiger partial charge is 0.393 e. The average Bonchev–Trinajstić information content (AvgIpc) is 2.67. The zero-order valence-corrected chi connectivity index (χ0v) is 15.5. The van der Waals surface area contributed by atoms with Crippen LogP contribution in [0.2, 0.25) is 5.02 Å². The van der Waals surface area contributed by atoms with Crippen molar-refractivity contribution in [1.82, 2.24) is 9.97 Å². The summed E-state index contributed by atoms with van der Waals surface area (Å²) < 4.78 is 0. The number of nitrogen functional groups attached to an aromatic ring is 1. The van der Waals surface area contributed by atoms with Crippen molar-refractivity contribution >= 4 is 51.1 Å². The van der Waals surface area contributed by atoms with Gasteiger partial charge in [0.25, 0.3) is 0 Å². The molecule has 0 saturated heterocycles. The number of rotatable bonds is 4. The maximum absolute atomic E-state index is 6.33. The standard InChI is InChI=1S/C21H18ClN5/c1-13-11-15(22)9-10-17(13)26-20-19(23)21(25-12-24-20)27-18-8-4-6-14-5-2-3-7-16(14)18/h2-12H,23H2,1H3,(H2,24,25,26,27). The first-order valence-corrected chi connectivity index (χ1v) is 8.88. The molecule has 4 aromatic rings. The Balaban J connectivity index is 1.67. The highest BCUT2D eigenvalue weighted by Crippen LogP contribution is 2.32. The predicted molar refractivity (Wildman–Crippen MR) is 113 cm³/mol. The van der Waals surface area contributed by atoms with Gasteiger partial charge in [-0.15, -0.1) is 0 Å². The Hall–Kier alpha value is -3.31. The van der Waals surface area contributed by atoms with Crippen LogP contribution in [0.5, 0.6) is 0 Å². The molecule has 0 fully saturated rings. The third-order valence-electron chi connectivity index (χ3n) is 4.37. The number of benzene rings is 3. The summed E-state index contributed by atoms with van der Waals surface area (Å²) in [6.07, 6.45) is 1.48. The van der Waals surface area contributed by atoms with Crippen LogP contribution in [0.3, 0.4) is 0 Å². The normalized spacial score (nSPS) is 10.7. The molecule has 4 N–H and O–H groups in total. The monoisotopic (exact) mass is 375 g/mol. The van der Waals surface area contributed by atoms with Crippen molar-refractivity contribution in [2.75, 3.05) is 16.4 Å². The van der Waals surface area contributed by atoms with Crippen LogP contribution in [-0.4, -0.2) is 9.97 Å². The molecule has 1 heterocycles. The smallest absolute Gasteiger partial charge is 0.159 e. The number of halogens is 1. The van der Waals surface area contributed by atoms with E-state index in [0.717, 1.165) is 27.7 Å². The number of anilines is 5. The van der Waals surface area contributed by atoms with E-state index in [1.54, 1.807) is 0 Å². The molecule has 0 bridgehead atoms. The lowest BCUT2D eigenvalue weighted by molar-refractivity contribution is 1.17. The van der Waals surface area contributed by atoms with E-state index in [9.17, 15) is 0 Å². The molecule has 0 unspecified atom stereocenters. The second kappa shape index (κ2) is 7.13. The molecule has 0 spiro atoms. The van der Waals surface area contributed by atoms with E-state index in [-0.39, 0.29) is 0 Å². The summed E-state index contributed by atoms with van der Waals surface area (Å²) in [5, 5.41) is 9.51. The molecule has 134 valence electrons. The zero-order chi connectivity index (χ0) is 18.8. The molecule has 3 aromatic carbocycles. The van der Waals surface area contributed by atoms with Gasteiger partial charge in [0.1, 0.15) is 12.0 Å². The fourth-order valence-corrected chi connectivity index (χ4v) is 3.18. The Morgan fingerprint density at radius 2 is 1.56 bits per heavy atom. The van der Waals surface area contributed by atoms with Crippen LogP contribution in [0.25, 0.3) is 10.8 Å². The first kappa shape index (κ1) is 17.1. The van der Waals surface area contributed by atoms with Gasteiger partial charge in [0.05, 0.1) is 0 Å². The van der Waals surface area contributed by atoms with Crippen LogP contribution in [0.15, 0.2) is 67.0 Å². The van der Waals surface area contributed by atoms with Crippen molar-refractivity contribution in [2.24, 2.45) is 0 Å². The van der Waals surface area contributed by atoms with Gasteiger partial charge in [-0.3, -0.25) is 0 Å². The van der Waals surface area contributed by atoms with Gasteiger partial charge in [-0.05, 0) is 42.1 Å². The molecule has 6 heteroatoms. The minimum absolute atomic E-state index is 0.444. The number of nitrogens with one attached hydrogen (secondary N) is 2. The lowest BCUT2D eigenvalue weighted by atomic mass is 10.1. The van der Waals surface area contributed by atoms with Gasteiger partial charge in [0.2, 0.25) is 0 Å². The van der Waals surface area contributed by atoms with Gasteiger partial charge in [-0.1, -0.05) is 48.0 Å². The van der Waals surface area contributed by atoms with E-state index in [4.69, 9.17) is 17.3 Å². The first-order valence-electron chi connectivity index (χ1n) is 8.50. The van der Waals surface area contributed by atoms with Crippen LogP contribution >= 0.6 is 11.6 Å². The number of hydrogen-bond acceptors (Lipinski definition) is 5. The number of aromatic nitrogens is 2. The number of fused-ring (bicyclic) bond motifs is 1. The Morgan fingerprint density at radius 3 is 2.33 bits per heavy atom. The molecule has 0 aliphatic rings. The summed E-state index contributed by atoms with van der Waals surface area (Å²) in [4.78, 5) is 8.59. The number of nitrogens with zero attached hydrogens (tertiary/aromatic N) is 2. The van der Waals surface area contributed by atoms with Crippen LogP contribution in [0.1, 0.15) is 5.56 Å². The number of nitrogens with two attached hydrogens (primary N) is 1. The fraction of sp³-hybridized carbons (Fsp3) is 0.0476. The second-order valence-corrected chi connectivity index (χ2v) is 6.66. The summed E-state index contributed by atoms with van der Waals surface area (Å²) in [6, 6.07) is 19.8. The van der Waals surface area contributed by atoms with E-state index in [2.05, 4.69) is 38.8 Å². The quantitative estimate of drug-likeness (QED) is 0.429. The summed E-state index contributed by atoms with van der Waals surface area (Å²) in [7, 11) is 0. The van der Waals surface area contributed by atoms with E-state index < -0.39 is 0 Å². The molecule has 0 saturated carbocycles. The molecular formula is C21H18ClN5. The van der Waals surface area contributed by atoms with Crippen LogP contribution in [0.4, 0.5) is 28.7 Å². The zero-order valence-electron chi connectivity index (χ0n) is 14.7. The van der Waals surface area contributed by atoms with Gasteiger partial charge >= 0.3 is 0 Å². The minimum Gasteiger partial charge on any atom is -0.393 e. The summed E-state index contributed by atoms with van der Waals surface area (Å²) in [5.74, 6) is 1.09. The highest BCUT2D eigenvalue weighted by Gasteiger charge is 2.11. The molecule has 0 aliphatic carbocycles. The molecule has 27 heavy (non-hydrogen) atoms. The average molecular weight is 376 g/mol. The lowest BCUT2D eigenvalue weighted by Crippen LogP contribution is -2.06. The number of aryl methyl sites for hydroxylation is 1. The third-order valence-corrected chi connectivity index (χ3v) is 4.60. The van der Waals surface area contributed by atoms with Crippen molar-refractivity contribution in [3.8, 4) is 0 Å². The van der Waals surface area contributed by atoms with E-state index in [1.165, 1.54) is 6.33 Å². The predicted octanol–water partition coefficient (Wildman–Crippen LogP) is 5.66. The van der Waals surface area contributed by atoms with Crippen LogP contribution in [0, 0.1) is 6.92 Å². The van der Waals surface area contributed by atoms with Gasteiger partial charge in [-0.2, -0.15) is 0 Å². The van der Waals surface area contributed by atoms with Crippen molar-refractivity contribution in [2.45, 2.75) is 6.92 Å². The molecule has 4 rings (SSSR count). The van der Waals surface area contributed by atoms with Gasteiger partial charge < -0.3 is 16.4 Å². The Bertz CT molecular complexity index is 1120. The van der Waals surface area contributed by atoms with Gasteiger partial charge in [0, 0.05) is 21.8 Å². The molecule has 0 atom stereocenters. The lowest BCUT2D eigenvalue weighted by Gasteiger charge is -2.15. The van der Waals surface area contributed by atoms with Gasteiger partial charge in [-0.25, -0.2) is 9.97 Å². The highest BCUT2D eigenvalue weighted by atomic mass is 35.5. The van der Waals surface area contributed by atoms with E-state index >= 15 is 0 Å². The maximum atomic E-state index is 6.33.